The molecule has 2 N–H and O–H groups in total. The van der Waals surface area contributed by atoms with Gasteiger partial charge in [0.15, 0.2) is 0 Å². The van der Waals surface area contributed by atoms with Gasteiger partial charge in [-0.15, -0.1) is 0 Å². The Labute approximate surface area is 173 Å². The topological polar surface area (TPSA) is 41.5 Å². The largest absolute Gasteiger partial charge is 0.487 e. The summed E-state index contributed by atoms with van der Waals surface area (Å²) in [5.74, 6) is 4.41. The van der Waals surface area contributed by atoms with Crippen LogP contribution in [0.5, 0.6) is 5.75 Å². The van der Waals surface area contributed by atoms with Gasteiger partial charge in [0.1, 0.15) is 18.0 Å². The number of ether oxygens (including phenoxy) is 1. The lowest BCUT2D eigenvalue weighted by atomic mass is 9.95. The number of benzene rings is 1. The summed E-state index contributed by atoms with van der Waals surface area (Å²) in [5.41, 5.74) is 4.19. The van der Waals surface area contributed by atoms with E-state index in [9.17, 15) is 5.11 Å². The van der Waals surface area contributed by atoms with Gasteiger partial charge in [-0.2, -0.15) is 0 Å². The molecule has 0 saturated carbocycles. The van der Waals surface area contributed by atoms with Crippen LogP contribution in [0.15, 0.2) is 12.1 Å². The van der Waals surface area contributed by atoms with Crippen molar-refractivity contribution in [2.45, 2.75) is 62.1 Å². The van der Waals surface area contributed by atoms with Crippen molar-refractivity contribution in [2.24, 2.45) is 0 Å². The molecule has 0 aromatic heterocycles. The van der Waals surface area contributed by atoms with Gasteiger partial charge in [0.25, 0.3) is 0 Å². The van der Waals surface area contributed by atoms with Gasteiger partial charge in [0.2, 0.25) is 0 Å². The fourth-order valence-electron chi connectivity index (χ4n) is 3.32. The van der Waals surface area contributed by atoms with Gasteiger partial charge in [-0.05, 0) is 42.0 Å². The molecule has 3 atom stereocenters. The maximum Gasteiger partial charge on any atom is 0.126 e. The van der Waals surface area contributed by atoms with Gasteiger partial charge in [-0.1, -0.05) is 63.1 Å². The van der Waals surface area contributed by atoms with Gasteiger partial charge < -0.3 is 15.2 Å². The number of aliphatic hydroxyl groups excluding tert-OH is 1. The molecule has 3 heterocycles. The van der Waals surface area contributed by atoms with E-state index in [-0.39, 0.29) is 6.10 Å². The highest BCUT2D eigenvalue weighted by atomic mass is 33.1. The highest BCUT2D eigenvalue weighted by molar-refractivity contribution is 8.77. The molecule has 0 bridgehead atoms. The summed E-state index contributed by atoms with van der Waals surface area (Å²) in [6.07, 6.45) is 2.67. The molecule has 146 valence electrons. The van der Waals surface area contributed by atoms with Gasteiger partial charge in [-0.25, -0.2) is 0 Å². The Hall–Kier alpha value is 0.340. The molecule has 1 saturated heterocycles. The summed E-state index contributed by atoms with van der Waals surface area (Å²) < 4.78 is 6.17. The van der Waals surface area contributed by atoms with Crippen LogP contribution in [0.25, 0.3) is 0 Å². The van der Waals surface area contributed by atoms with E-state index in [1.54, 1.807) is 0 Å². The number of hydrogen-bond acceptors (Lipinski definition) is 7. The van der Waals surface area contributed by atoms with E-state index in [0.717, 1.165) is 36.6 Å². The Bertz CT molecular complexity index is 581. The van der Waals surface area contributed by atoms with Crippen molar-refractivity contribution in [2.75, 3.05) is 18.8 Å². The van der Waals surface area contributed by atoms with Gasteiger partial charge in [0.05, 0.1) is 0 Å². The average molecular weight is 432 g/mol. The number of nitrogens with one attached hydrogen (secondary N) is 1. The molecular weight excluding hydrogens is 402 g/mol. The normalized spacial score (nSPS) is 25.3. The van der Waals surface area contributed by atoms with Crippen molar-refractivity contribution in [3.05, 3.63) is 28.8 Å². The van der Waals surface area contributed by atoms with Crippen LogP contribution in [0.1, 0.15) is 43.4 Å². The first-order valence-corrected chi connectivity index (χ1v) is 14.4. The molecule has 0 amide bonds. The van der Waals surface area contributed by atoms with Crippen molar-refractivity contribution in [3.8, 4) is 5.75 Å². The fraction of sp³-hybridized carbons (Fsp3) is 0.684. The summed E-state index contributed by atoms with van der Waals surface area (Å²) >= 11 is 0. The summed E-state index contributed by atoms with van der Waals surface area (Å²) in [4.78, 5) is 0. The zero-order valence-corrected chi connectivity index (χ0v) is 18.8. The third kappa shape index (κ3) is 5.45. The third-order valence-electron chi connectivity index (χ3n) is 4.75. The van der Waals surface area contributed by atoms with E-state index >= 15 is 0 Å². The summed E-state index contributed by atoms with van der Waals surface area (Å²) in [6.45, 7) is 5.61. The van der Waals surface area contributed by atoms with Crippen molar-refractivity contribution in [1.82, 2.24) is 5.32 Å². The summed E-state index contributed by atoms with van der Waals surface area (Å²) in [5, 5.41) is 14.6. The molecular formula is C19H29NO2S4. The molecule has 0 radical (unpaired) electrons. The third-order valence-corrected chi connectivity index (χ3v) is 9.92. The second-order valence-electron chi connectivity index (χ2n) is 6.50. The Kier molecular flexibility index (Phi) is 8.72. The smallest absolute Gasteiger partial charge is 0.126 e. The lowest BCUT2D eigenvalue weighted by Crippen LogP contribution is -2.42. The number of hydrogen-bond donors (Lipinski definition) is 2. The number of rotatable bonds is 5. The predicted molar refractivity (Wildman–Crippen MR) is 120 cm³/mol. The minimum Gasteiger partial charge on any atom is -0.487 e. The zero-order valence-electron chi connectivity index (χ0n) is 15.5. The first kappa shape index (κ1) is 21.1. The first-order valence-electron chi connectivity index (χ1n) is 9.52. The minimum absolute atomic E-state index is 0.0840. The van der Waals surface area contributed by atoms with Crippen LogP contribution in [0.2, 0.25) is 0 Å². The highest BCUT2D eigenvalue weighted by Gasteiger charge is 2.28. The lowest BCUT2D eigenvalue weighted by Gasteiger charge is -2.31. The second kappa shape index (κ2) is 10.8. The number of aliphatic hydroxyl groups is 1. The quantitative estimate of drug-likeness (QED) is 0.642. The predicted octanol–water partition coefficient (Wildman–Crippen LogP) is 4.91. The van der Waals surface area contributed by atoms with E-state index < -0.39 is 6.10 Å². The van der Waals surface area contributed by atoms with Crippen molar-refractivity contribution in [1.29, 1.82) is 0 Å². The van der Waals surface area contributed by atoms with Crippen LogP contribution >= 0.6 is 43.2 Å². The molecule has 0 aliphatic carbocycles. The molecule has 3 nitrogen and oxygen atoms in total. The zero-order chi connectivity index (χ0) is 18.4. The van der Waals surface area contributed by atoms with Crippen LogP contribution in [-0.4, -0.2) is 41.4 Å². The Morgan fingerprint density at radius 1 is 1.12 bits per heavy atom. The molecule has 7 heteroatoms. The van der Waals surface area contributed by atoms with Crippen LogP contribution in [-0.2, 0) is 17.9 Å². The molecule has 3 aliphatic rings. The van der Waals surface area contributed by atoms with Gasteiger partial charge in [-0.3, -0.25) is 0 Å². The second-order valence-corrected chi connectivity index (χ2v) is 11.8. The van der Waals surface area contributed by atoms with Crippen molar-refractivity contribution < 1.29 is 9.84 Å². The first-order chi connectivity index (χ1) is 12.8. The van der Waals surface area contributed by atoms with E-state index in [2.05, 4.69) is 17.4 Å². The number of aryl methyl sites for hydroxylation is 1. The monoisotopic (exact) mass is 431 g/mol. The SMILES string of the molecule is CC.OC(CNCC1CCSS1)C1CCc2cc3c(cc2O1)CSSC3. The van der Waals surface area contributed by atoms with Crippen LogP contribution < -0.4 is 10.1 Å². The molecule has 1 aromatic carbocycles. The molecule has 4 rings (SSSR count). The number of fused-ring (bicyclic) bond motifs is 2. The maximum absolute atomic E-state index is 10.5. The summed E-state index contributed by atoms with van der Waals surface area (Å²) in [7, 11) is 7.78. The van der Waals surface area contributed by atoms with Crippen LogP contribution in [0, 0.1) is 0 Å². The lowest BCUT2D eigenvalue weighted by molar-refractivity contribution is 0.0246. The fourth-order valence-corrected chi connectivity index (χ4v) is 8.41. The molecule has 3 aliphatic heterocycles. The van der Waals surface area contributed by atoms with Gasteiger partial charge >= 0.3 is 0 Å². The van der Waals surface area contributed by atoms with E-state index in [1.165, 1.54) is 28.9 Å². The average Bonchev–Trinajstić information content (AvgIpc) is 3.21. The van der Waals surface area contributed by atoms with Crippen molar-refractivity contribution in [3.63, 3.8) is 0 Å². The maximum atomic E-state index is 10.5. The van der Waals surface area contributed by atoms with E-state index in [1.807, 2.05) is 57.0 Å². The molecule has 0 spiro atoms. The van der Waals surface area contributed by atoms with Crippen LogP contribution in [0.3, 0.4) is 0 Å². The molecule has 3 unspecified atom stereocenters. The Morgan fingerprint density at radius 3 is 2.62 bits per heavy atom. The highest BCUT2D eigenvalue weighted by Crippen LogP contribution is 2.41. The Morgan fingerprint density at radius 2 is 1.88 bits per heavy atom. The van der Waals surface area contributed by atoms with Crippen molar-refractivity contribution >= 4 is 43.2 Å². The molecule has 26 heavy (non-hydrogen) atoms. The standard InChI is InChI=1S/C17H23NO2S4.C2H6/c19-15(8-18-7-14-3-4-21-24-14)16-2-1-11-5-12-9-22-23-10-13(12)6-17(11)20-16;1-2/h5-6,14-16,18-19H,1-4,7-10H2;1-2H3. The van der Waals surface area contributed by atoms with E-state index in [4.69, 9.17) is 4.74 Å². The van der Waals surface area contributed by atoms with Crippen LogP contribution in [0.4, 0.5) is 0 Å². The molecule has 1 fully saturated rings. The Balaban J connectivity index is 0.000000948. The summed E-state index contributed by atoms with van der Waals surface area (Å²) in [6, 6.07) is 4.54. The van der Waals surface area contributed by atoms with Gasteiger partial charge in [0, 0.05) is 35.6 Å². The minimum atomic E-state index is -0.432. The molecule has 1 aromatic rings. The van der Waals surface area contributed by atoms with E-state index in [0.29, 0.717) is 11.8 Å².